The Morgan fingerprint density at radius 3 is 2.72 bits per heavy atom. The molecule has 2 aliphatic rings. The van der Waals surface area contributed by atoms with Gasteiger partial charge in [-0.3, -0.25) is 5.01 Å². The lowest BCUT2D eigenvalue weighted by Crippen LogP contribution is -2.43. The van der Waals surface area contributed by atoms with E-state index in [4.69, 9.17) is 16.3 Å². The van der Waals surface area contributed by atoms with Gasteiger partial charge in [-0.25, -0.2) is 0 Å². The lowest BCUT2D eigenvalue weighted by molar-refractivity contribution is -0.0428. The van der Waals surface area contributed by atoms with Crippen molar-refractivity contribution in [2.24, 2.45) is 5.10 Å². The highest BCUT2D eigenvalue weighted by molar-refractivity contribution is 6.18. The highest BCUT2D eigenvalue weighted by atomic mass is 35.5. The Kier molecular flexibility index (Phi) is 4.38. The van der Waals surface area contributed by atoms with Gasteiger partial charge in [-0.05, 0) is 39.5 Å². The van der Waals surface area contributed by atoms with Gasteiger partial charge in [0.05, 0.1) is 5.60 Å². The van der Waals surface area contributed by atoms with E-state index in [1.54, 1.807) is 0 Å². The minimum absolute atomic E-state index is 0.0725. The van der Waals surface area contributed by atoms with Crippen molar-refractivity contribution < 1.29 is 4.74 Å². The second kappa shape index (κ2) is 5.66. The highest BCUT2D eigenvalue weighted by Crippen LogP contribution is 2.33. The van der Waals surface area contributed by atoms with E-state index in [-0.39, 0.29) is 5.60 Å². The first kappa shape index (κ1) is 13.9. The molecule has 0 radical (unpaired) electrons. The van der Waals surface area contributed by atoms with Gasteiger partial charge >= 0.3 is 0 Å². The summed E-state index contributed by atoms with van der Waals surface area (Å²) in [5.41, 5.74) is 0.0725. The summed E-state index contributed by atoms with van der Waals surface area (Å²) in [5, 5.41) is 6.72. The summed E-state index contributed by atoms with van der Waals surface area (Å²) < 4.78 is 5.58. The van der Waals surface area contributed by atoms with Gasteiger partial charge in [-0.1, -0.05) is 0 Å². The summed E-state index contributed by atoms with van der Waals surface area (Å²) in [6.07, 6.45) is 6.48. The molecule has 5 heteroatoms. The number of hydrazone groups is 1. The van der Waals surface area contributed by atoms with Gasteiger partial charge in [0.15, 0.2) is 0 Å². The minimum atomic E-state index is 0.0725. The first-order valence-corrected chi connectivity index (χ1v) is 7.29. The molecule has 0 aromatic carbocycles. The fourth-order valence-corrected chi connectivity index (χ4v) is 2.82. The summed E-state index contributed by atoms with van der Waals surface area (Å²) in [6.45, 7) is 5.21. The van der Waals surface area contributed by atoms with E-state index < -0.39 is 0 Å². The number of ether oxygens (including phenoxy) is 1. The van der Waals surface area contributed by atoms with Crippen molar-refractivity contribution in [3.63, 3.8) is 0 Å². The Labute approximate surface area is 115 Å². The van der Waals surface area contributed by atoms with Crippen LogP contribution >= 0.6 is 11.6 Å². The Hall–Kier alpha value is -0.480. The van der Waals surface area contributed by atoms with Gasteiger partial charge in [0.25, 0.3) is 0 Å². The number of nitrogens with zero attached hydrogens (tertiary/aromatic N) is 3. The molecule has 0 saturated heterocycles. The minimum Gasteiger partial charge on any atom is -0.379 e. The fraction of sp³-hybridized carbons (Fsp3) is 0.923. The van der Waals surface area contributed by atoms with E-state index in [1.807, 2.05) is 13.4 Å². The molecular formula is C13H24ClN3O. The zero-order valence-electron chi connectivity index (χ0n) is 11.6. The average Bonchev–Trinajstić information content (AvgIpc) is 2.88. The maximum Gasteiger partial charge on any atom is 0.113 e. The van der Waals surface area contributed by atoms with Crippen LogP contribution in [0.25, 0.3) is 0 Å². The molecule has 4 nitrogen and oxygen atoms in total. The number of hydrogen-bond acceptors (Lipinski definition) is 4. The molecule has 1 saturated carbocycles. The van der Waals surface area contributed by atoms with E-state index in [1.165, 1.54) is 0 Å². The van der Waals surface area contributed by atoms with Crippen molar-refractivity contribution >= 4 is 17.9 Å². The van der Waals surface area contributed by atoms with Crippen LogP contribution in [0.4, 0.5) is 0 Å². The van der Waals surface area contributed by atoms with Gasteiger partial charge in [0.1, 0.15) is 13.0 Å². The van der Waals surface area contributed by atoms with Gasteiger partial charge in [0.2, 0.25) is 0 Å². The normalized spacial score (nSPS) is 34.1. The van der Waals surface area contributed by atoms with Crippen molar-refractivity contribution in [1.29, 1.82) is 0 Å². The molecule has 0 bridgehead atoms. The number of halogens is 1. The predicted molar refractivity (Wildman–Crippen MR) is 74.9 cm³/mol. The monoisotopic (exact) mass is 273 g/mol. The third kappa shape index (κ3) is 2.91. The first-order chi connectivity index (χ1) is 8.58. The van der Waals surface area contributed by atoms with Gasteiger partial charge in [-0.15, -0.1) is 11.6 Å². The number of alkyl halides is 1. The molecule has 2 rings (SSSR count). The van der Waals surface area contributed by atoms with Crippen LogP contribution in [0.1, 0.15) is 39.5 Å². The molecular weight excluding hydrogens is 250 g/mol. The lowest BCUT2D eigenvalue weighted by Gasteiger charge is -2.39. The Balaban J connectivity index is 1.84. The van der Waals surface area contributed by atoms with Crippen LogP contribution in [0.2, 0.25) is 0 Å². The van der Waals surface area contributed by atoms with Crippen molar-refractivity contribution in [3.8, 4) is 0 Å². The number of methoxy groups -OCH3 is 1. The van der Waals surface area contributed by atoms with Crippen LogP contribution in [0, 0.1) is 0 Å². The van der Waals surface area contributed by atoms with Crippen LogP contribution in [-0.4, -0.2) is 53.6 Å². The van der Waals surface area contributed by atoms with Crippen molar-refractivity contribution in [2.45, 2.75) is 57.2 Å². The lowest BCUT2D eigenvalue weighted by atomic mass is 9.83. The van der Waals surface area contributed by atoms with E-state index >= 15 is 0 Å². The maximum absolute atomic E-state index is 5.88. The summed E-state index contributed by atoms with van der Waals surface area (Å²) in [7, 11) is 1.82. The molecule has 1 heterocycles. The molecule has 0 amide bonds. The number of rotatable bonds is 4. The van der Waals surface area contributed by atoms with Crippen LogP contribution in [0.15, 0.2) is 5.10 Å². The van der Waals surface area contributed by atoms with Gasteiger partial charge < -0.3 is 9.64 Å². The van der Waals surface area contributed by atoms with E-state index in [9.17, 15) is 0 Å². The average molecular weight is 274 g/mol. The number of hydrogen-bond donors (Lipinski definition) is 0. The standard InChI is InChI=1S/C13H24ClN3O/c1-11(8-14)16-9-15-17(10-16)12-4-6-13(2,18-3)7-5-12/h9,11-12H,4-8,10H2,1-3H3. The molecule has 0 N–H and O–H groups in total. The second-order valence-corrected chi connectivity index (χ2v) is 6.02. The zero-order chi connectivity index (χ0) is 13.2. The predicted octanol–water partition coefficient (Wildman–Crippen LogP) is 2.48. The summed E-state index contributed by atoms with van der Waals surface area (Å²) in [6, 6.07) is 0.908. The quantitative estimate of drug-likeness (QED) is 0.737. The van der Waals surface area contributed by atoms with Crippen LogP contribution in [0.3, 0.4) is 0 Å². The molecule has 18 heavy (non-hydrogen) atoms. The van der Waals surface area contributed by atoms with Gasteiger partial charge in [0, 0.05) is 25.1 Å². The maximum atomic E-state index is 5.88. The van der Waals surface area contributed by atoms with E-state index in [2.05, 4.69) is 28.9 Å². The zero-order valence-corrected chi connectivity index (χ0v) is 12.4. The fourth-order valence-electron chi connectivity index (χ4n) is 2.64. The van der Waals surface area contributed by atoms with Crippen LogP contribution < -0.4 is 0 Å². The molecule has 104 valence electrons. The van der Waals surface area contributed by atoms with Crippen molar-refractivity contribution in [1.82, 2.24) is 9.91 Å². The van der Waals surface area contributed by atoms with Gasteiger partial charge in [-0.2, -0.15) is 5.10 Å². The first-order valence-electron chi connectivity index (χ1n) is 6.75. The molecule has 1 aliphatic heterocycles. The largest absolute Gasteiger partial charge is 0.379 e. The second-order valence-electron chi connectivity index (χ2n) is 5.71. The third-order valence-electron chi connectivity index (χ3n) is 4.37. The molecule has 1 atom stereocenters. The summed E-state index contributed by atoms with van der Waals surface area (Å²) >= 11 is 5.88. The van der Waals surface area contributed by atoms with Crippen LogP contribution in [0.5, 0.6) is 0 Å². The molecule has 1 fully saturated rings. The summed E-state index contributed by atoms with van der Waals surface area (Å²) in [4.78, 5) is 2.21. The smallest absolute Gasteiger partial charge is 0.113 e. The molecule has 0 aromatic heterocycles. The molecule has 1 unspecified atom stereocenters. The Bertz CT molecular complexity index is 303. The molecule has 1 aliphatic carbocycles. The van der Waals surface area contributed by atoms with Crippen molar-refractivity contribution in [2.75, 3.05) is 19.7 Å². The Morgan fingerprint density at radius 1 is 1.50 bits per heavy atom. The highest BCUT2D eigenvalue weighted by Gasteiger charge is 2.34. The van der Waals surface area contributed by atoms with Crippen LogP contribution in [-0.2, 0) is 4.74 Å². The molecule has 0 aromatic rings. The van der Waals surface area contributed by atoms with Crippen molar-refractivity contribution in [3.05, 3.63) is 0 Å². The SMILES string of the molecule is COC1(C)CCC(N2CN(C(C)CCl)C=N2)CC1. The summed E-state index contributed by atoms with van der Waals surface area (Å²) in [5.74, 6) is 0.645. The third-order valence-corrected chi connectivity index (χ3v) is 4.82. The Morgan fingerprint density at radius 2 is 2.17 bits per heavy atom. The topological polar surface area (TPSA) is 28.1 Å². The van der Waals surface area contributed by atoms with E-state index in [0.717, 1.165) is 32.4 Å². The molecule has 0 spiro atoms. The van der Waals surface area contributed by atoms with E-state index in [0.29, 0.717) is 18.0 Å².